The van der Waals surface area contributed by atoms with Crippen LogP contribution in [0.3, 0.4) is 0 Å². The molecule has 2 aromatic rings. The third-order valence-electron chi connectivity index (χ3n) is 3.66. The van der Waals surface area contributed by atoms with Crippen LogP contribution in [0.4, 0.5) is 5.69 Å². The van der Waals surface area contributed by atoms with Crippen LogP contribution in [-0.2, 0) is 0 Å². The molecule has 0 unspecified atom stereocenters. The number of methoxy groups -OCH3 is 1. The first-order valence-corrected chi connectivity index (χ1v) is 8.26. The third-order valence-corrected chi connectivity index (χ3v) is 3.85. The molecule has 126 valence electrons. The van der Waals surface area contributed by atoms with E-state index in [0.29, 0.717) is 11.0 Å². The van der Waals surface area contributed by atoms with Crippen LogP contribution >= 0.6 is 12.2 Å². The molecule has 24 heavy (non-hydrogen) atoms. The molecule has 0 aliphatic heterocycles. The van der Waals surface area contributed by atoms with Gasteiger partial charge in [0, 0.05) is 11.3 Å². The Morgan fingerprint density at radius 2 is 1.75 bits per heavy atom. The van der Waals surface area contributed by atoms with Gasteiger partial charge < -0.3 is 10.1 Å². The molecule has 0 aromatic heterocycles. The molecule has 0 saturated carbocycles. The lowest BCUT2D eigenvalue weighted by atomic mass is 10.0. The normalized spacial score (nSPS) is 11.3. The molecule has 0 aliphatic carbocycles. The molecule has 0 aliphatic rings. The molecule has 0 bridgehead atoms. The lowest BCUT2D eigenvalue weighted by molar-refractivity contribution is 0.414. The molecule has 5 heteroatoms. The first kappa shape index (κ1) is 17.9. The van der Waals surface area contributed by atoms with E-state index < -0.39 is 0 Å². The maximum Gasteiger partial charge on any atom is 0.191 e. The van der Waals surface area contributed by atoms with E-state index in [1.54, 1.807) is 7.11 Å². The van der Waals surface area contributed by atoms with Crippen molar-refractivity contribution in [1.82, 2.24) is 5.43 Å². The molecule has 2 N–H and O–H groups in total. The van der Waals surface area contributed by atoms with Crippen molar-refractivity contribution in [3.8, 4) is 5.75 Å². The van der Waals surface area contributed by atoms with Gasteiger partial charge in [0.05, 0.1) is 12.8 Å². The van der Waals surface area contributed by atoms with Crippen LogP contribution in [-0.4, -0.2) is 17.9 Å². The highest BCUT2D eigenvalue weighted by atomic mass is 32.1. The number of anilines is 1. The fourth-order valence-electron chi connectivity index (χ4n) is 2.25. The monoisotopic (exact) mass is 341 g/mol. The van der Waals surface area contributed by atoms with Gasteiger partial charge in [0.15, 0.2) is 5.11 Å². The minimum Gasteiger partial charge on any atom is -0.496 e. The fourth-order valence-corrected chi connectivity index (χ4v) is 2.41. The first-order valence-electron chi connectivity index (χ1n) is 7.86. The second-order valence-electron chi connectivity index (χ2n) is 5.74. The lowest BCUT2D eigenvalue weighted by Crippen LogP contribution is -2.25. The molecule has 0 fully saturated rings. The van der Waals surface area contributed by atoms with Gasteiger partial charge in [-0.15, -0.1) is 0 Å². The van der Waals surface area contributed by atoms with Gasteiger partial charge in [-0.3, -0.25) is 5.43 Å². The topological polar surface area (TPSA) is 45.6 Å². The highest BCUT2D eigenvalue weighted by molar-refractivity contribution is 7.80. The van der Waals surface area contributed by atoms with Gasteiger partial charge in [0.25, 0.3) is 0 Å². The predicted octanol–water partition coefficient (Wildman–Crippen LogP) is 4.53. The van der Waals surface area contributed by atoms with E-state index >= 15 is 0 Å². The summed E-state index contributed by atoms with van der Waals surface area (Å²) in [6.07, 6.45) is 0. The largest absolute Gasteiger partial charge is 0.496 e. The van der Waals surface area contributed by atoms with Crippen molar-refractivity contribution in [1.29, 1.82) is 0 Å². The van der Waals surface area contributed by atoms with E-state index in [1.807, 2.05) is 43.3 Å². The number of rotatable bonds is 5. The van der Waals surface area contributed by atoms with E-state index in [-0.39, 0.29) is 0 Å². The molecule has 0 spiro atoms. The summed E-state index contributed by atoms with van der Waals surface area (Å²) in [4.78, 5) is 0. The number of hydrogen-bond donors (Lipinski definition) is 2. The van der Waals surface area contributed by atoms with Crippen LogP contribution in [0.25, 0.3) is 0 Å². The Kier molecular flexibility index (Phi) is 6.32. The van der Waals surface area contributed by atoms with Gasteiger partial charge in [-0.1, -0.05) is 38.1 Å². The Bertz CT molecular complexity index is 724. The molecular weight excluding hydrogens is 318 g/mol. The second-order valence-corrected chi connectivity index (χ2v) is 6.15. The van der Waals surface area contributed by atoms with E-state index in [0.717, 1.165) is 22.7 Å². The Morgan fingerprint density at radius 1 is 1.08 bits per heavy atom. The molecule has 4 nitrogen and oxygen atoms in total. The molecule has 0 heterocycles. The molecular formula is C19H23N3OS. The van der Waals surface area contributed by atoms with Gasteiger partial charge in [0.2, 0.25) is 0 Å². The minimum atomic E-state index is 0.446. The first-order chi connectivity index (χ1) is 11.5. The zero-order valence-electron chi connectivity index (χ0n) is 14.5. The summed E-state index contributed by atoms with van der Waals surface area (Å²) >= 11 is 5.29. The maximum atomic E-state index is 5.34. The van der Waals surface area contributed by atoms with Crippen molar-refractivity contribution in [2.45, 2.75) is 26.7 Å². The Hall–Kier alpha value is -2.40. The van der Waals surface area contributed by atoms with Crippen LogP contribution in [0.2, 0.25) is 0 Å². The summed E-state index contributed by atoms with van der Waals surface area (Å²) < 4.78 is 5.34. The van der Waals surface area contributed by atoms with Crippen LogP contribution in [0.1, 0.15) is 37.8 Å². The summed E-state index contributed by atoms with van der Waals surface area (Å²) in [6, 6.07) is 16.0. The van der Waals surface area contributed by atoms with Gasteiger partial charge in [-0.2, -0.15) is 5.10 Å². The molecule has 0 radical (unpaired) electrons. The molecule has 2 rings (SSSR count). The number of hydrazone groups is 1. The van der Waals surface area contributed by atoms with Crippen molar-refractivity contribution < 1.29 is 4.74 Å². The number of thiocarbonyl (C=S) groups is 1. The fraction of sp³-hybridized carbons (Fsp3) is 0.263. The molecule has 0 saturated heterocycles. The van der Waals surface area contributed by atoms with Gasteiger partial charge in [0.1, 0.15) is 5.75 Å². The van der Waals surface area contributed by atoms with Crippen molar-refractivity contribution in [3.05, 3.63) is 59.7 Å². The van der Waals surface area contributed by atoms with Crippen LogP contribution in [0, 0.1) is 0 Å². The number of nitrogens with one attached hydrogen (secondary N) is 2. The van der Waals surface area contributed by atoms with Gasteiger partial charge in [-0.25, -0.2) is 0 Å². The van der Waals surface area contributed by atoms with E-state index in [9.17, 15) is 0 Å². The number of ether oxygens (including phenoxy) is 1. The zero-order valence-corrected chi connectivity index (χ0v) is 15.3. The third kappa shape index (κ3) is 4.80. The van der Waals surface area contributed by atoms with Crippen molar-refractivity contribution in [3.63, 3.8) is 0 Å². The summed E-state index contributed by atoms with van der Waals surface area (Å²) in [6.45, 7) is 6.25. The highest BCUT2D eigenvalue weighted by Crippen LogP contribution is 2.18. The van der Waals surface area contributed by atoms with E-state index in [1.165, 1.54) is 5.56 Å². The molecule has 2 aromatic carbocycles. The number of benzene rings is 2. The summed E-state index contributed by atoms with van der Waals surface area (Å²) in [7, 11) is 1.65. The predicted molar refractivity (Wildman–Crippen MR) is 105 cm³/mol. The summed E-state index contributed by atoms with van der Waals surface area (Å²) in [5.41, 5.74) is 6.82. The number of para-hydroxylation sites is 1. The Labute approximate surface area is 148 Å². The molecule has 0 atom stereocenters. The standard InChI is InChI=1S/C19H23N3OS/c1-13(2)15-9-11-16(12-10-15)20-19(24)22-21-14(3)17-7-5-6-8-18(17)23-4/h5-13H,1-4H3,(H2,20,22,24)/b21-14-. The van der Waals surface area contributed by atoms with Crippen LogP contribution < -0.4 is 15.5 Å². The van der Waals surface area contributed by atoms with Gasteiger partial charge in [-0.05, 0) is 54.9 Å². The zero-order chi connectivity index (χ0) is 17.5. The van der Waals surface area contributed by atoms with Crippen molar-refractivity contribution in [2.24, 2.45) is 5.10 Å². The van der Waals surface area contributed by atoms with E-state index in [4.69, 9.17) is 17.0 Å². The average Bonchev–Trinajstić information content (AvgIpc) is 2.60. The molecule has 0 amide bonds. The van der Waals surface area contributed by atoms with E-state index in [2.05, 4.69) is 41.8 Å². The average molecular weight is 341 g/mol. The summed E-state index contributed by atoms with van der Waals surface area (Å²) in [5.74, 6) is 1.29. The second kappa shape index (κ2) is 8.45. The Morgan fingerprint density at radius 3 is 2.38 bits per heavy atom. The highest BCUT2D eigenvalue weighted by Gasteiger charge is 2.05. The van der Waals surface area contributed by atoms with Crippen molar-refractivity contribution >= 4 is 28.7 Å². The van der Waals surface area contributed by atoms with Crippen molar-refractivity contribution in [2.75, 3.05) is 12.4 Å². The lowest BCUT2D eigenvalue weighted by Gasteiger charge is -2.11. The maximum absolute atomic E-state index is 5.34. The Balaban J connectivity index is 1.99. The SMILES string of the molecule is COc1ccccc1/C(C)=N\NC(=S)Nc1ccc(C(C)C)cc1. The quantitative estimate of drug-likeness (QED) is 0.476. The van der Waals surface area contributed by atoms with Gasteiger partial charge >= 0.3 is 0 Å². The number of nitrogens with zero attached hydrogens (tertiary/aromatic N) is 1. The minimum absolute atomic E-state index is 0.446. The smallest absolute Gasteiger partial charge is 0.191 e. The number of hydrogen-bond acceptors (Lipinski definition) is 3. The van der Waals surface area contributed by atoms with Crippen LogP contribution in [0.15, 0.2) is 53.6 Å². The summed E-state index contributed by atoms with van der Waals surface area (Å²) in [5, 5.41) is 7.90. The van der Waals surface area contributed by atoms with Crippen LogP contribution in [0.5, 0.6) is 5.75 Å².